The number of alkyl carbamates (subject to hydrolysis) is 1. The first-order valence-corrected chi connectivity index (χ1v) is 12.6. The Morgan fingerprint density at radius 2 is 1.97 bits per heavy atom. The maximum absolute atomic E-state index is 12.5. The summed E-state index contributed by atoms with van der Waals surface area (Å²) in [5.74, 6) is -0.814. The van der Waals surface area contributed by atoms with Crippen molar-refractivity contribution in [1.29, 1.82) is 0 Å². The number of hydrogen-bond donors (Lipinski definition) is 5. The van der Waals surface area contributed by atoms with Gasteiger partial charge in [-0.15, -0.1) is 0 Å². The normalized spacial score (nSPS) is 36.8. The minimum atomic E-state index is -1.33. The molecule has 0 aromatic carbocycles. The van der Waals surface area contributed by atoms with Crippen LogP contribution in [0.2, 0.25) is 0 Å². The molecule has 2 aromatic rings. The van der Waals surface area contributed by atoms with E-state index in [1.54, 1.807) is 0 Å². The number of nitrogens with zero attached hydrogens (tertiary/aromatic N) is 4. The summed E-state index contributed by atoms with van der Waals surface area (Å²) in [5, 5.41) is 36.8. The average molecular weight is 519 g/mol. The Morgan fingerprint density at radius 3 is 2.76 bits per heavy atom. The molecule has 4 fully saturated rings. The molecular weight excluding hydrogens is 488 g/mol. The fraction of sp³-hybridized carbons (Fsp3) is 0.696. The zero-order valence-corrected chi connectivity index (χ0v) is 20.0. The molecule has 14 heteroatoms. The predicted octanol–water partition coefficient (Wildman–Crippen LogP) is -0.128. The van der Waals surface area contributed by atoms with Crippen LogP contribution in [0.4, 0.5) is 10.6 Å². The maximum atomic E-state index is 12.5. The van der Waals surface area contributed by atoms with Crippen LogP contribution in [0, 0.1) is 17.8 Å². The summed E-state index contributed by atoms with van der Waals surface area (Å²) < 4.78 is 18.0. The van der Waals surface area contributed by atoms with Crippen molar-refractivity contribution in [2.45, 2.75) is 62.3 Å². The van der Waals surface area contributed by atoms with Crippen LogP contribution in [-0.4, -0.2) is 97.1 Å². The quantitative estimate of drug-likeness (QED) is 0.327. The highest BCUT2D eigenvalue weighted by molar-refractivity contribution is 5.83. The van der Waals surface area contributed by atoms with Crippen molar-refractivity contribution in [3.63, 3.8) is 0 Å². The molecule has 2 aromatic heterocycles. The van der Waals surface area contributed by atoms with Crippen LogP contribution in [0.3, 0.4) is 0 Å². The van der Waals surface area contributed by atoms with Gasteiger partial charge in [-0.1, -0.05) is 0 Å². The number of imidazole rings is 1. The van der Waals surface area contributed by atoms with Gasteiger partial charge in [0.1, 0.15) is 31.2 Å². The van der Waals surface area contributed by atoms with E-state index in [0.717, 1.165) is 25.7 Å². The average Bonchev–Trinajstić information content (AvgIpc) is 3.69. The molecule has 2 saturated carbocycles. The molecule has 5 N–H and O–H groups in total. The molecule has 200 valence electrons. The van der Waals surface area contributed by atoms with Crippen LogP contribution < -0.4 is 10.6 Å². The molecule has 1 amide bonds. The van der Waals surface area contributed by atoms with Crippen molar-refractivity contribution >= 4 is 29.0 Å². The van der Waals surface area contributed by atoms with Crippen LogP contribution >= 0.6 is 0 Å². The number of fused-ring (bicyclic) bond motifs is 3. The zero-order chi connectivity index (χ0) is 25.7. The first kappa shape index (κ1) is 24.3. The van der Waals surface area contributed by atoms with Gasteiger partial charge in [0, 0.05) is 12.6 Å². The largest absolute Gasteiger partial charge is 0.481 e. The molecule has 2 saturated heterocycles. The van der Waals surface area contributed by atoms with Gasteiger partial charge in [0.05, 0.1) is 24.9 Å². The lowest BCUT2D eigenvalue weighted by molar-refractivity contribution is -0.144. The van der Waals surface area contributed by atoms with Gasteiger partial charge in [-0.2, -0.15) is 0 Å². The zero-order valence-electron chi connectivity index (χ0n) is 20.0. The van der Waals surface area contributed by atoms with Crippen molar-refractivity contribution in [1.82, 2.24) is 24.8 Å². The van der Waals surface area contributed by atoms with Crippen molar-refractivity contribution in [3.8, 4) is 0 Å². The number of anilines is 1. The summed E-state index contributed by atoms with van der Waals surface area (Å²) in [6.07, 6.45) is 0.739. The highest BCUT2D eigenvalue weighted by Gasteiger charge is 2.52. The first-order chi connectivity index (χ1) is 17.9. The summed E-state index contributed by atoms with van der Waals surface area (Å²) in [6, 6.07) is -0.372. The Balaban J connectivity index is 1.10. The molecular formula is C23H30N6O8. The molecule has 2 bridgehead atoms. The number of carbonyl (C=O) groups excluding carboxylic acids is 1. The first-order valence-electron chi connectivity index (χ1n) is 12.6. The fourth-order valence-corrected chi connectivity index (χ4v) is 6.27. The van der Waals surface area contributed by atoms with Crippen molar-refractivity contribution in [3.05, 3.63) is 12.7 Å². The van der Waals surface area contributed by atoms with E-state index in [-0.39, 0.29) is 24.5 Å². The van der Waals surface area contributed by atoms with Gasteiger partial charge in [-0.05, 0) is 37.5 Å². The fourth-order valence-electron chi connectivity index (χ4n) is 6.27. The number of aromatic nitrogens is 4. The number of aliphatic hydroxyl groups is 2. The molecule has 0 spiro atoms. The summed E-state index contributed by atoms with van der Waals surface area (Å²) in [4.78, 5) is 37.1. The molecule has 2 aliphatic carbocycles. The Hall–Kier alpha value is -3.07. The van der Waals surface area contributed by atoms with Crippen molar-refractivity contribution < 1.29 is 39.1 Å². The number of amides is 1. The second-order valence-electron chi connectivity index (χ2n) is 10.3. The Kier molecular flexibility index (Phi) is 6.34. The monoisotopic (exact) mass is 518 g/mol. The molecule has 6 unspecified atom stereocenters. The SMILES string of the molecule is O=C(N[C@@H]1C2CCC(C2)[C@@H]1C(=O)O)OCC1OC(n2cnc3c(N[C@@H]4CCOC4)ncnc32)C(O)C1O. The van der Waals surface area contributed by atoms with Crippen molar-refractivity contribution in [2.75, 3.05) is 25.1 Å². The van der Waals surface area contributed by atoms with Crippen LogP contribution in [0.25, 0.3) is 11.2 Å². The third-order valence-electron chi connectivity index (χ3n) is 8.11. The summed E-state index contributed by atoms with van der Waals surface area (Å²) in [5.41, 5.74) is 0.889. The van der Waals surface area contributed by atoms with Gasteiger partial charge in [0.15, 0.2) is 23.2 Å². The van der Waals surface area contributed by atoms with Crippen LogP contribution in [0.15, 0.2) is 12.7 Å². The number of carboxylic acid groups (broad SMARTS) is 1. The van der Waals surface area contributed by atoms with Crippen LogP contribution in [-0.2, 0) is 19.0 Å². The van der Waals surface area contributed by atoms with E-state index in [2.05, 4.69) is 25.6 Å². The number of hydrogen-bond acceptors (Lipinski definition) is 11. The lowest BCUT2D eigenvalue weighted by atomic mass is 9.84. The number of aliphatic hydroxyl groups excluding tert-OH is 2. The molecule has 2 aliphatic heterocycles. The topological polar surface area (TPSA) is 190 Å². The molecule has 4 aliphatic rings. The molecule has 14 nitrogen and oxygen atoms in total. The third-order valence-corrected chi connectivity index (χ3v) is 8.11. The van der Waals surface area contributed by atoms with Crippen molar-refractivity contribution in [2.24, 2.45) is 17.8 Å². The summed E-state index contributed by atoms with van der Waals surface area (Å²) in [6.45, 7) is 0.913. The molecule has 6 rings (SSSR count). The van der Waals surface area contributed by atoms with E-state index in [0.29, 0.717) is 30.2 Å². The Labute approximate surface area is 211 Å². The molecule has 0 radical (unpaired) electrons. The van der Waals surface area contributed by atoms with E-state index in [1.165, 1.54) is 17.2 Å². The lowest BCUT2D eigenvalue weighted by Crippen LogP contribution is -2.47. The summed E-state index contributed by atoms with van der Waals surface area (Å²) in [7, 11) is 0. The second-order valence-corrected chi connectivity index (χ2v) is 10.3. The highest BCUT2D eigenvalue weighted by Crippen LogP contribution is 2.48. The van der Waals surface area contributed by atoms with Gasteiger partial charge in [-0.25, -0.2) is 19.7 Å². The number of carbonyl (C=O) groups is 2. The standard InChI is InChI=1S/C23H30N6O8/c30-17-13(7-36-23(34)28-15-11-2-1-10(5-11)14(15)22(32)33)37-21(18(17)31)29-9-26-16-19(24-8-25-20(16)29)27-12-3-4-35-6-12/h8-15,17-18,21,30-31H,1-7H2,(H,28,34)(H,32,33)(H,24,25,27)/t10?,11?,12-,13?,14+,15-,17?,18?,21?/m1/s1. The number of nitrogens with one attached hydrogen (secondary N) is 2. The van der Waals surface area contributed by atoms with E-state index < -0.39 is 48.6 Å². The molecule has 37 heavy (non-hydrogen) atoms. The van der Waals surface area contributed by atoms with Crippen LogP contribution in [0.5, 0.6) is 0 Å². The minimum Gasteiger partial charge on any atom is -0.481 e. The van der Waals surface area contributed by atoms with Gasteiger partial charge < -0.3 is 40.2 Å². The molecule has 9 atom stereocenters. The summed E-state index contributed by atoms with van der Waals surface area (Å²) >= 11 is 0. The van der Waals surface area contributed by atoms with E-state index >= 15 is 0 Å². The predicted molar refractivity (Wildman–Crippen MR) is 124 cm³/mol. The number of carboxylic acids is 1. The van der Waals surface area contributed by atoms with Crippen LogP contribution in [0.1, 0.15) is 31.9 Å². The van der Waals surface area contributed by atoms with Gasteiger partial charge >= 0.3 is 12.1 Å². The highest BCUT2D eigenvalue weighted by atomic mass is 16.6. The Morgan fingerprint density at radius 1 is 1.14 bits per heavy atom. The lowest BCUT2D eigenvalue weighted by Gasteiger charge is -2.28. The van der Waals surface area contributed by atoms with E-state index in [4.69, 9.17) is 14.2 Å². The van der Waals surface area contributed by atoms with Gasteiger partial charge in [-0.3, -0.25) is 9.36 Å². The third kappa shape index (κ3) is 4.37. The smallest absolute Gasteiger partial charge is 0.407 e. The Bertz CT molecular complexity index is 1170. The number of ether oxygens (including phenoxy) is 3. The van der Waals surface area contributed by atoms with Gasteiger partial charge in [0.25, 0.3) is 0 Å². The van der Waals surface area contributed by atoms with Gasteiger partial charge in [0.2, 0.25) is 0 Å². The van der Waals surface area contributed by atoms with E-state index in [9.17, 15) is 24.9 Å². The number of rotatable bonds is 7. The maximum Gasteiger partial charge on any atom is 0.407 e. The minimum absolute atomic E-state index is 0.0692. The van der Waals surface area contributed by atoms with E-state index in [1.807, 2.05) is 0 Å². The second kappa shape index (κ2) is 9.67. The molecule has 4 heterocycles. The number of aliphatic carboxylic acids is 1.